The predicted molar refractivity (Wildman–Crippen MR) is 53.5 cm³/mol. The van der Waals surface area contributed by atoms with Crippen molar-refractivity contribution in [2.75, 3.05) is 39.4 Å². The quantitative estimate of drug-likeness (QED) is 0.615. The fraction of sp³-hybridized carbons (Fsp3) is 1.00. The van der Waals surface area contributed by atoms with E-state index in [0.29, 0.717) is 6.17 Å². The van der Waals surface area contributed by atoms with E-state index in [0.717, 1.165) is 45.8 Å². The first-order valence-corrected chi connectivity index (χ1v) is 5.13. The first kappa shape index (κ1) is 10.9. The van der Waals surface area contributed by atoms with Crippen molar-refractivity contribution in [3.8, 4) is 0 Å². The third-order valence-electron chi connectivity index (χ3n) is 2.27. The summed E-state index contributed by atoms with van der Waals surface area (Å²) >= 11 is 0. The van der Waals surface area contributed by atoms with Crippen LogP contribution in [0.5, 0.6) is 0 Å². The van der Waals surface area contributed by atoms with Crippen LogP contribution in [0, 0.1) is 0 Å². The highest BCUT2D eigenvalue weighted by molar-refractivity contribution is 4.72. The molecule has 4 nitrogen and oxygen atoms in total. The van der Waals surface area contributed by atoms with Gasteiger partial charge in [0.1, 0.15) is 0 Å². The normalized spacial score (nSPS) is 23.8. The number of morpholine rings is 1. The molecule has 0 aliphatic carbocycles. The Balaban J connectivity index is 2.32. The Bertz CT molecular complexity index is 120. The first-order valence-electron chi connectivity index (χ1n) is 5.13. The van der Waals surface area contributed by atoms with Crippen molar-refractivity contribution in [2.24, 2.45) is 5.73 Å². The van der Waals surface area contributed by atoms with Gasteiger partial charge in [-0.3, -0.25) is 10.2 Å². The van der Waals surface area contributed by atoms with Gasteiger partial charge in [0.25, 0.3) is 0 Å². The number of nitrogens with one attached hydrogen (secondary N) is 1. The van der Waals surface area contributed by atoms with E-state index < -0.39 is 0 Å². The number of hydrogen-bond donors (Lipinski definition) is 2. The molecule has 1 aliphatic heterocycles. The minimum atomic E-state index is 0.372. The lowest BCUT2D eigenvalue weighted by atomic mass is 10.3. The molecule has 78 valence electrons. The van der Waals surface area contributed by atoms with E-state index in [1.165, 1.54) is 0 Å². The van der Waals surface area contributed by atoms with Gasteiger partial charge in [0.15, 0.2) is 0 Å². The van der Waals surface area contributed by atoms with E-state index in [2.05, 4.69) is 17.1 Å². The highest BCUT2D eigenvalue weighted by Gasteiger charge is 2.19. The molecule has 0 bridgehead atoms. The molecule has 0 amide bonds. The predicted octanol–water partition coefficient (Wildman–Crippen LogP) is -0.397. The highest BCUT2D eigenvalue weighted by Crippen LogP contribution is 2.01. The van der Waals surface area contributed by atoms with Crippen molar-refractivity contribution < 1.29 is 4.74 Å². The van der Waals surface area contributed by atoms with Crippen LogP contribution in [0.15, 0.2) is 0 Å². The van der Waals surface area contributed by atoms with Crippen molar-refractivity contribution >= 4 is 0 Å². The summed E-state index contributed by atoms with van der Waals surface area (Å²) in [6, 6.07) is 0. The zero-order valence-corrected chi connectivity index (χ0v) is 8.46. The molecule has 1 unspecified atom stereocenters. The molecular formula is C9H21N3O. The van der Waals surface area contributed by atoms with Crippen LogP contribution < -0.4 is 11.1 Å². The lowest BCUT2D eigenvalue weighted by molar-refractivity contribution is 0.0102. The van der Waals surface area contributed by atoms with Gasteiger partial charge >= 0.3 is 0 Å². The van der Waals surface area contributed by atoms with E-state index in [1.54, 1.807) is 0 Å². The van der Waals surface area contributed by atoms with Gasteiger partial charge in [-0.15, -0.1) is 0 Å². The van der Waals surface area contributed by atoms with Crippen LogP contribution in [0.2, 0.25) is 0 Å². The molecule has 1 saturated heterocycles. The Morgan fingerprint density at radius 3 is 2.92 bits per heavy atom. The third kappa shape index (κ3) is 3.60. The van der Waals surface area contributed by atoms with Crippen LogP contribution in [-0.4, -0.2) is 50.5 Å². The van der Waals surface area contributed by atoms with E-state index in [1.807, 2.05) is 0 Å². The second kappa shape index (κ2) is 6.32. The fourth-order valence-corrected chi connectivity index (χ4v) is 1.66. The van der Waals surface area contributed by atoms with E-state index >= 15 is 0 Å². The van der Waals surface area contributed by atoms with Crippen molar-refractivity contribution in [3.05, 3.63) is 0 Å². The summed E-state index contributed by atoms with van der Waals surface area (Å²) in [4.78, 5) is 2.36. The SMILES string of the molecule is CCCN(CCN)C1COCCN1. The Labute approximate surface area is 80.4 Å². The Kier molecular flexibility index (Phi) is 5.31. The molecular weight excluding hydrogens is 166 g/mol. The Morgan fingerprint density at radius 1 is 1.54 bits per heavy atom. The van der Waals surface area contributed by atoms with Gasteiger partial charge in [0.05, 0.1) is 19.4 Å². The molecule has 13 heavy (non-hydrogen) atoms. The van der Waals surface area contributed by atoms with Crippen LogP contribution in [0.3, 0.4) is 0 Å². The summed E-state index contributed by atoms with van der Waals surface area (Å²) in [6.45, 7) is 7.53. The van der Waals surface area contributed by atoms with Crippen LogP contribution in [0.1, 0.15) is 13.3 Å². The van der Waals surface area contributed by atoms with Crippen molar-refractivity contribution in [3.63, 3.8) is 0 Å². The summed E-state index contributed by atoms with van der Waals surface area (Å²) in [5.74, 6) is 0. The maximum Gasteiger partial charge on any atom is 0.0839 e. The molecule has 0 aromatic carbocycles. The van der Waals surface area contributed by atoms with Crippen LogP contribution in [0.25, 0.3) is 0 Å². The summed E-state index contributed by atoms with van der Waals surface area (Å²) in [5, 5.41) is 3.43. The minimum absolute atomic E-state index is 0.372. The molecule has 3 N–H and O–H groups in total. The van der Waals surface area contributed by atoms with Crippen molar-refractivity contribution in [2.45, 2.75) is 19.5 Å². The molecule has 1 rings (SSSR count). The average Bonchev–Trinajstić information content (AvgIpc) is 2.19. The number of hydrogen-bond acceptors (Lipinski definition) is 4. The molecule has 1 aliphatic rings. The third-order valence-corrected chi connectivity index (χ3v) is 2.27. The average molecular weight is 187 g/mol. The maximum absolute atomic E-state index is 5.56. The summed E-state index contributed by atoms with van der Waals surface area (Å²) in [5.41, 5.74) is 5.56. The van der Waals surface area contributed by atoms with Gasteiger partial charge in [0.2, 0.25) is 0 Å². The van der Waals surface area contributed by atoms with E-state index in [4.69, 9.17) is 10.5 Å². The standard InChI is InChI=1S/C9H21N3O/c1-2-5-12(6-3-10)9-8-13-7-4-11-9/h9,11H,2-8,10H2,1H3. The van der Waals surface area contributed by atoms with Gasteiger partial charge in [0, 0.05) is 19.6 Å². The number of rotatable bonds is 5. The van der Waals surface area contributed by atoms with E-state index in [9.17, 15) is 0 Å². The molecule has 0 aromatic heterocycles. The summed E-state index contributed by atoms with van der Waals surface area (Å²) in [6.07, 6.45) is 1.54. The van der Waals surface area contributed by atoms with Crippen LogP contribution >= 0.6 is 0 Å². The van der Waals surface area contributed by atoms with Crippen molar-refractivity contribution in [1.29, 1.82) is 0 Å². The Morgan fingerprint density at radius 2 is 2.38 bits per heavy atom. The van der Waals surface area contributed by atoms with Gasteiger partial charge in [-0.05, 0) is 13.0 Å². The zero-order valence-electron chi connectivity index (χ0n) is 8.46. The van der Waals surface area contributed by atoms with Crippen LogP contribution in [0.4, 0.5) is 0 Å². The summed E-state index contributed by atoms with van der Waals surface area (Å²) in [7, 11) is 0. The Hall–Kier alpha value is -0.160. The highest BCUT2D eigenvalue weighted by atomic mass is 16.5. The van der Waals surface area contributed by atoms with Gasteiger partial charge in [-0.1, -0.05) is 6.92 Å². The number of ether oxygens (including phenoxy) is 1. The first-order chi connectivity index (χ1) is 6.38. The van der Waals surface area contributed by atoms with E-state index in [-0.39, 0.29) is 0 Å². The second-order valence-corrected chi connectivity index (χ2v) is 3.37. The molecule has 1 fully saturated rings. The van der Waals surface area contributed by atoms with Crippen molar-refractivity contribution in [1.82, 2.24) is 10.2 Å². The monoisotopic (exact) mass is 187 g/mol. The number of nitrogens with two attached hydrogens (primary N) is 1. The molecule has 0 saturated carbocycles. The smallest absolute Gasteiger partial charge is 0.0839 e. The van der Waals surface area contributed by atoms with Crippen LogP contribution in [-0.2, 0) is 4.74 Å². The fourth-order valence-electron chi connectivity index (χ4n) is 1.66. The molecule has 0 spiro atoms. The minimum Gasteiger partial charge on any atom is -0.377 e. The maximum atomic E-state index is 5.56. The van der Waals surface area contributed by atoms with Gasteiger partial charge < -0.3 is 10.5 Å². The van der Waals surface area contributed by atoms with Gasteiger partial charge in [-0.25, -0.2) is 0 Å². The molecule has 0 aromatic rings. The topological polar surface area (TPSA) is 50.5 Å². The molecule has 1 heterocycles. The lowest BCUT2D eigenvalue weighted by Crippen LogP contribution is -2.54. The number of nitrogens with zero attached hydrogens (tertiary/aromatic N) is 1. The van der Waals surface area contributed by atoms with Gasteiger partial charge in [-0.2, -0.15) is 0 Å². The lowest BCUT2D eigenvalue weighted by Gasteiger charge is -2.34. The largest absolute Gasteiger partial charge is 0.377 e. The summed E-state index contributed by atoms with van der Waals surface area (Å²) < 4.78 is 5.41. The molecule has 0 radical (unpaired) electrons. The molecule has 1 atom stereocenters. The second-order valence-electron chi connectivity index (χ2n) is 3.37. The zero-order chi connectivity index (χ0) is 9.52. The molecule has 4 heteroatoms.